The zero-order valence-electron chi connectivity index (χ0n) is 16.3. The second-order valence-electron chi connectivity index (χ2n) is 7.85. The van der Waals surface area contributed by atoms with Crippen LogP contribution in [0.5, 0.6) is 0 Å². The number of carbonyl (C=O) groups excluding carboxylic acids is 1. The highest BCUT2D eigenvalue weighted by molar-refractivity contribution is 5.78. The number of hydrogen-bond acceptors (Lipinski definition) is 5. The summed E-state index contributed by atoms with van der Waals surface area (Å²) < 4.78 is 5.84. The highest BCUT2D eigenvalue weighted by Crippen LogP contribution is 2.21. The SMILES string of the molecule is C[C@@H]1CN(C2CCN(C(=O)CN(C)Cc3ccncc3)CC2)C[C@H](C)O1. The van der Waals surface area contributed by atoms with Gasteiger partial charge in [0.05, 0.1) is 18.8 Å². The van der Waals surface area contributed by atoms with Crippen LogP contribution in [-0.2, 0) is 16.1 Å². The molecule has 0 radical (unpaired) electrons. The minimum Gasteiger partial charge on any atom is -0.373 e. The van der Waals surface area contributed by atoms with E-state index >= 15 is 0 Å². The fraction of sp³-hybridized carbons (Fsp3) is 0.700. The van der Waals surface area contributed by atoms with Crippen LogP contribution in [0, 0.1) is 0 Å². The number of pyridine rings is 1. The number of rotatable bonds is 5. The summed E-state index contributed by atoms with van der Waals surface area (Å²) in [5.74, 6) is 0.240. The van der Waals surface area contributed by atoms with Crippen molar-refractivity contribution in [1.29, 1.82) is 0 Å². The molecule has 1 aromatic rings. The van der Waals surface area contributed by atoms with E-state index in [2.05, 4.69) is 28.6 Å². The molecule has 0 aliphatic carbocycles. The smallest absolute Gasteiger partial charge is 0.236 e. The first-order valence-corrected chi connectivity index (χ1v) is 9.76. The van der Waals surface area contributed by atoms with Gasteiger partial charge in [0.1, 0.15) is 0 Å². The molecule has 0 saturated carbocycles. The predicted molar refractivity (Wildman–Crippen MR) is 102 cm³/mol. The second kappa shape index (κ2) is 8.93. The Morgan fingerprint density at radius 2 is 1.81 bits per heavy atom. The molecule has 3 heterocycles. The maximum atomic E-state index is 12.6. The van der Waals surface area contributed by atoms with Crippen molar-refractivity contribution < 1.29 is 9.53 Å². The Hall–Kier alpha value is -1.50. The van der Waals surface area contributed by atoms with E-state index in [1.54, 1.807) is 12.4 Å². The molecule has 6 heteroatoms. The van der Waals surface area contributed by atoms with Crippen molar-refractivity contribution in [2.45, 2.75) is 51.5 Å². The van der Waals surface area contributed by atoms with Crippen molar-refractivity contribution in [3.05, 3.63) is 30.1 Å². The van der Waals surface area contributed by atoms with Gasteiger partial charge in [-0.05, 0) is 51.4 Å². The van der Waals surface area contributed by atoms with Crippen LogP contribution in [0.4, 0.5) is 0 Å². The predicted octanol–water partition coefficient (Wildman–Crippen LogP) is 1.61. The molecule has 2 atom stereocenters. The molecule has 2 aliphatic rings. The molecule has 0 unspecified atom stereocenters. The molecule has 0 N–H and O–H groups in total. The lowest BCUT2D eigenvalue weighted by molar-refractivity contribution is -0.135. The molecule has 1 amide bonds. The second-order valence-corrected chi connectivity index (χ2v) is 7.85. The van der Waals surface area contributed by atoms with Crippen LogP contribution in [0.2, 0.25) is 0 Å². The van der Waals surface area contributed by atoms with Crippen molar-refractivity contribution in [3.8, 4) is 0 Å². The van der Waals surface area contributed by atoms with Gasteiger partial charge in [-0.2, -0.15) is 0 Å². The third-order valence-electron chi connectivity index (χ3n) is 5.39. The number of morpholine rings is 1. The topological polar surface area (TPSA) is 48.9 Å². The monoisotopic (exact) mass is 360 g/mol. The molecule has 0 bridgehead atoms. The molecular weight excluding hydrogens is 328 g/mol. The first-order chi connectivity index (χ1) is 12.5. The zero-order valence-corrected chi connectivity index (χ0v) is 16.3. The number of piperidine rings is 1. The first kappa shape index (κ1) is 19.3. The van der Waals surface area contributed by atoms with E-state index in [0.29, 0.717) is 24.8 Å². The van der Waals surface area contributed by atoms with Gasteiger partial charge in [-0.1, -0.05) is 0 Å². The molecule has 26 heavy (non-hydrogen) atoms. The summed E-state index contributed by atoms with van der Waals surface area (Å²) in [6.07, 6.45) is 6.34. The molecule has 3 rings (SSSR count). The average molecular weight is 361 g/mol. The number of likely N-dealkylation sites (N-methyl/N-ethyl adjacent to an activating group) is 1. The molecule has 0 aromatic carbocycles. The largest absolute Gasteiger partial charge is 0.373 e. The molecular formula is C20H32N4O2. The standard InChI is InChI=1S/C20H32N4O2/c1-16-12-24(13-17(2)26-16)19-6-10-23(11-7-19)20(25)15-22(3)14-18-4-8-21-9-5-18/h4-5,8-9,16-17,19H,6-7,10-15H2,1-3H3/t16-,17+. The number of nitrogens with zero attached hydrogens (tertiary/aromatic N) is 4. The first-order valence-electron chi connectivity index (χ1n) is 9.76. The van der Waals surface area contributed by atoms with Gasteiger partial charge in [0, 0.05) is 51.2 Å². The maximum absolute atomic E-state index is 12.6. The van der Waals surface area contributed by atoms with Crippen LogP contribution in [-0.4, -0.2) is 83.6 Å². The van der Waals surface area contributed by atoms with E-state index in [9.17, 15) is 4.79 Å². The number of aromatic nitrogens is 1. The zero-order chi connectivity index (χ0) is 18.5. The van der Waals surface area contributed by atoms with Crippen molar-refractivity contribution in [3.63, 3.8) is 0 Å². The molecule has 6 nitrogen and oxygen atoms in total. The number of amides is 1. The summed E-state index contributed by atoms with van der Waals surface area (Å²) in [5.41, 5.74) is 1.18. The lowest BCUT2D eigenvalue weighted by atomic mass is 10.0. The van der Waals surface area contributed by atoms with Gasteiger partial charge in [0.15, 0.2) is 0 Å². The van der Waals surface area contributed by atoms with Gasteiger partial charge in [-0.15, -0.1) is 0 Å². The summed E-state index contributed by atoms with van der Waals surface area (Å²) in [7, 11) is 2.00. The van der Waals surface area contributed by atoms with Crippen LogP contribution < -0.4 is 0 Å². The molecule has 2 aliphatic heterocycles. The van der Waals surface area contributed by atoms with Crippen molar-refractivity contribution in [2.75, 3.05) is 39.8 Å². The van der Waals surface area contributed by atoms with Gasteiger partial charge in [0.2, 0.25) is 5.91 Å². The van der Waals surface area contributed by atoms with Crippen molar-refractivity contribution >= 4 is 5.91 Å². The summed E-state index contributed by atoms with van der Waals surface area (Å²) >= 11 is 0. The van der Waals surface area contributed by atoms with Crippen LogP contribution in [0.25, 0.3) is 0 Å². The normalized spacial score (nSPS) is 25.6. The minimum atomic E-state index is 0.240. The van der Waals surface area contributed by atoms with E-state index in [1.165, 1.54) is 5.56 Å². The molecule has 0 spiro atoms. The Kier molecular flexibility index (Phi) is 6.62. The maximum Gasteiger partial charge on any atom is 0.236 e. The van der Waals surface area contributed by atoms with Gasteiger partial charge in [-0.3, -0.25) is 19.6 Å². The Bertz CT molecular complexity index is 564. The Morgan fingerprint density at radius 3 is 2.42 bits per heavy atom. The summed E-state index contributed by atoms with van der Waals surface area (Å²) in [6.45, 7) is 9.31. The Labute approximate surface area is 157 Å². The van der Waals surface area contributed by atoms with Crippen LogP contribution in [0.1, 0.15) is 32.3 Å². The molecule has 2 saturated heterocycles. The van der Waals surface area contributed by atoms with E-state index < -0.39 is 0 Å². The van der Waals surface area contributed by atoms with Gasteiger partial charge < -0.3 is 9.64 Å². The quantitative estimate of drug-likeness (QED) is 0.799. The third-order valence-corrected chi connectivity index (χ3v) is 5.39. The minimum absolute atomic E-state index is 0.240. The summed E-state index contributed by atoms with van der Waals surface area (Å²) in [5, 5.41) is 0. The number of likely N-dealkylation sites (tertiary alicyclic amines) is 1. The molecule has 1 aromatic heterocycles. The average Bonchev–Trinajstić information content (AvgIpc) is 2.61. The third kappa shape index (κ3) is 5.25. The van der Waals surface area contributed by atoms with E-state index in [1.807, 2.05) is 24.1 Å². The van der Waals surface area contributed by atoms with E-state index in [0.717, 1.165) is 45.6 Å². The highest BCUT2D eigenvalue weighted by Gasteiger charge is 2.31. The van der Waals surface area contributed by atoms with Crippen LogP contribution >= 0.6 is 0 Å². The fourth-order valence-electron chi connectivity index (χ4n) is 4.18. The number of carbonyl (C=O) groups is 1. The summed E-state index contributed by atoms with van der Waals surface area (Å²) in [4.78, 5) is 23.3. The molecule has 144 valence electrons. The fourth-order valence-corrected chi connectivity index (χ4v) is 4.18. The number of ether oxygens (including phenoxy) is 1. The van der Waals surface area contributed by atoms with Crippen molar-refractivity contribution in [2.24, 2.45) is 0 Å². The van der Waals surface area contributed by atoms with Crippen molar-refractivity contribution in [1.82, 2.24) is 19.7 Å². The summed E-state index contributed by atoms with van der Waals surface area (Å²) in [6, 6.07) is 4.58. The van der Waals surface area contributed by atoms with E-state index in [-0.39, 0.29) is 5.91 Å². The van der Waals surface area contributed by atoms with Crippen LogP contribution in [0.15, 0.2) is 24.5 Å². The van der Waals surface area contributed by atoms with Gasteiger partial charge >= 0.3 is 0 Å². The molecule has 2 fully saturated rings. The van der Waals surface area contributed by atoms with E-state index in [4.69, 9.17) is 4.74 Å². The van der Waals surface area contributed by atoms with Gasteiger partial charge in [0.25, 0.3) is 0 Å². The van der Waals surface area contributed by atoms with Gasteiger partial charge in [-0.25, -0.2) is 0 Å². The Morgan fingerprint density at radius 1 is 1.19 bits per heavy atom. The Balaban J connectivity index is 1.43. The lowest BCUT2D eigenvalue weighted by Gasteiger charge is -2.43. The van der Waals surface area contributed by atoms with Crippen LogP contribution in [0.3, 0.4) is 0 Å². The highest BCUT2D eigenvalue weighted by atomic mass is 16.5. The number of hydrogen-bond donors (Lipinski definition) is 0. The lowest BCUT2D eigenvalue weighted by Crippen LogP contribution is -2.54.